The number of carbonyl (C=O) groups is 1. The van der Waals surface area contributed by atoms with Gasteiger partial charge in [-0.05, 0) is 75.4 Å². The maximum absolute atomic E-state index is 10.5. The van der Waals surface area contributed by atoms with E-state index in [2.05, 4.69) is 12.2 Å². The maximum atomic E-state index is 10.5. The fourth-order valence-corrected chi connectivity index (χ4v) is 1.97. The summed E-state index contributed by atoms with van der Waals surface area (Å²) < 4.78 is 0. The normalized spacial score (nSPS) is 10.5. The topological polar surface area (TPSA) is 37.3 Å². The summed E-state index contributed by atoms with van der Waals surface area (Å²) >= 11 is 0. The monoisotopic (exact) mass is 284 g/mol. The molecule has 0 aromatic heterocycles. The van der Waals surface area contributed by atoms with E-state index in [9.17, 15) is 9.90 Å². The zero-order valence-electron chi connectivity index (χ0n) is 13.3. The lowest BCUT2D eigenvalue weighted by atomic mass is 9.98. The van der Waals surface area contributed by atoms with E-state index in [1.807, 2.05) is 39.8 Å². The highest BCUT2D eigenvalue weighted by Crippen LogP contribution is 2.27. The molecule has 0 unspecified atom stereocenters. The predicted octanol–water partition coefficient (Wildman–Crippen LogP) is 4.62. The Morgan fingerprint density at radius 2 is 1.48 bits per heavy atom. The van der Waals surface area contributed by atoms with Crippen LogP contribution >= 0.6 is 0 Å². The summed E-state index contributed by atoms with van der Waals surface area (Å²) in [5.41, 5.74) is 5.15. The van der Waals surface area contributed by atoms with Gasteiger partial charge in [-0.2, -0.15) is 0 Å². The smallest absolute Gasteiger partial charge is 0.142 e. The van der Waals surface area contributed by atoms with E-state index in [4.69, 9.17) is 0 Å². The van der Waals surface area contributed by atoms with Crippen LogP contribution in [-0.2, 0) is 17.6 Å². The van der Waals surface area contributed by atoms with E-state index in [0.29, 0.717) is 18.6 Å². The molecule has 0 aliphatic carbocycles. The number of phenols is 1. The van der Waals surface area contributed by atoms with Gasteiger partial charge in [0.25, 0.3) is 0 Å². The lowest BCUT2D eigenvalue weighted by Gasteiger charge is -2.10. The molecule has 0 saturated heterocycles. The first-order valence-electron chi connectivity index (χ1n) is 7.17. The van der Waals surface area contributed by atoms with Gasteiger partial charge >= 0.3 is 0 Å². The van der Waals surface area contributed by atoms with E-state index >= 15 is 0 Å². The summed E-state index contributed by atoms with van der Waals surface area (Å²) in [5, 5.41) is 10.4. The molecule has 1 N–H and O–H groups in total. The van der Waals surface area contributed by atoms with Crippen LogP contribution in [0.4, 0.5) is 0 Å². The minimum atomic E-state index is 0.355. The van der Waals surface area contributed by atoms with Gasteiger partial charge in [0.1, 0.15) is 12.0 Å². The van der Waals surface area contributed by atoms with Gasteiger partial charge < -0.3 is 5.11 Å². The molecule has 0 spiro atoms. The molecule has 0 radical (unpaired) electrons. The average Bonchev–Trinajstić information content (AvgIpc) is 2.43. The van der Waals surface area contributed by atoms with Gasteiger partial charge in [-0.15, -0.1) is 0 Å². The number of aldehydes is 1. The minimum Gasteiger partial charge on any atom is -0.507 e. The second kappa shape index (κ2) is 8.25. The van der Waals surface area contributed by atoms with Crippen LogP contribution in [0.3, 0.4) is 0 Å². The van der Waals surface area contributed by atoms with Crippen molar-refractivity contribution in [3.8, 4) is 5.75 Å². The molecule has 0 amide bonds. The standard InChI is InChI=1S/C19H24O2/c1-14(2)7-9-17-12-16(6-5-11-20)13-18(19(17)21)10-8-15(3)4/h5-8,11-13,21H,9-10H2,1-4H3/b6-5+. The summed E-state index contributed by atoms with van der Waals surface area (Å²) in [6, 6.07) is 3.86. The van der Waals surface area contributed by atoms with Crippen LogP contribution in [0.25, 0.3) is 6.08 Å². The molecule has 0 atom stereocenters. The first kappa shape index (κ1) is 17.0. The minimum absolute atomic E-state index is 0.355. The van der Waals surface area contributed by atoms with Crippen molar-refractivity contribution < 1.29 is 9.90 Å². The highest BCUT2D eigenvalue weighted by Gasteiger charge is 2.08. The first-order valence-corrected chi connectivity index (χ1v) is 7.17. The molecule has 0 aliphatic rings. The molecular weight excluding hydrogens is 260 g/mol. The van der Waals surface area contributed by atoms with Gasteiger partial charge in [0.15, 0.2) is 0 Å². The van der Waals surface area contributed by atoms with Crippen molar-refractivity contribution in [2.45, 2.75) is 40.5 Å². The largest absolute Gasteiger partial charge is 0.507 e. The molecule has 0 bridgehead atoms. The molecule has 0 fully saturated rings. The predicted molar refractivity (Wildman–Crippen MR) is 89.5 cm³/mol. The van der Waals surface area contributed by atoms with E-state index in [-0.39, 0.29) is 0 Å². The number of phenolic OH excluding ortho intramolecular Hbond substituents is 1. The molecule has 21 heavy (non-hydrogen) atoms. The fraction of sp³-hybridized carbons (Fsp3) is 0.316. The number of hydrogen-bond donors (Lipinski definition) is 1. The third kappa shape index (κ3) is 5.82. The highest BCUT2D eigenvalue weighted by molar-refractivity contribution is 5.74. The third-order valence-electron chi connectivity index (χ3n) is 3.12. The van der Waals surface area contributed by atoms with Gasteiger partial charge in [0.05, 0.1) is 0 Å². The first-order chi connectivity index (χ1) is 9.93. The van der Waals surface area contributed by atoms with Crippen LogP contribution < -0.4 is 0 Å². The number of aromatic hydroxyl groups is 1. The van der Waals surface area contributed by atoms with Crippen LogP contribution in [0.1, 0.15) is 44.4 Å². The highest BCUT2D eigenvalue weighted by atomic mass is 16.3. The Kier molecular flexibility index (Phi) is 6.67. The summed E-state index contributed by atoms with van der Waals surface area (Å²) in [5.74, 6) is 0.355. The molecule has 1 rings (SSSR count). The summed E-state index contributed by atoms with van der Waals surface area (Å²) in [6.45, 7) is 8.16. The summed E-state index contributed by atoms with van der Waals surface area (Å²) in [7, 11) is 0. The van der Waals surface area contributed by atoms with E-state index in [1.54, 1.807) is 6.08 Å². The zero-order valence-corrected chi connectivity index (χ0v) is 13.3. The Hall–Kier alpha value is -2.09. The number of hydrogen-bond acceptors (Lipinski definition) is 2. The van der Waals surface area contributed by atoms with Crippen LogP contribution in [-0.4, -0.2) is 11.4 Å². The number of allylic oxidation sites excluding steroid dienone is 5. The van der Waals surface area contributed by atoms with Gasteiger partial charge in [-0.3, -0.25) is 4.79 Å². The van der Waals surface area contributed by atoms with Gasteiger partial charge in [0, 0.05) is 0 Å². The van der Waals surface area contributed by atoms with E-state index in [0.717, 1.165) is 23.0 Å². The number of carbonyl (C=O) groups excluding carboxylic acids is 1. The lowest BCUT2D eigenvalue weighted by molar-refractivity contribution is -0.104. The molecular formula is C19H24O2. The molecule has 0 saturated carbocycles. The van der Waals surface area contributed by atoms with Crippen molar-refractivity contribution in [3.63, 3.8) is 0 Å². The Morgan fingerprint density at radius 3 is 1.86 bits per heavy atom. The Labute approximate surface area is 127 Å². The van der Waals surface area contributed by atoms with Crippen LogP contribution in [0.15, 0.2) is 41.5 Å². The molecule has 1 aromatic rings. The molecule has 1 aromatic carbocycles. The second-order valence-corrected chi connectivity index (χ2v) is 5.65. The third-order valence-corrected chi connectivity index (χ3v) is 3.12. The fourth-order valence-electron chi connectivity index (χ4n) is 1.97. The van der Waals surface area contributed by atoms with Crippen molar-refractivity contribution in [3.05, 3.63) is 58.2 Å². The molecule has 112 valence electrons. The number of rotatable bonds is 6. The summed E-state index contributed by atoms with van der Waals surface area (Å²) in [6.07, 6.45) is 9.57. The van der Waals surface area contributed by atoms with Gasteiger partial charge in [-0.25, -0.2) is 0 Å². The SMILES string of the molecule is CC(C)=CCc1cc(/C=C/C=O)cc(CC=C(C)C)c1O. The van der Waals surface area contributed by atoms with E-state index < -0.39 is 0 Å². The zero-order chi connectivity index (χ0) is 15.8. The van der Waals surface area contributed by atoms with Gasteiger partial charge in [0.2, 0.25) is 0 Å². The molecule has 0 heterocycles. The number of benzene rings is 1. The van der Waals surface area contributed by atoms with E-state index in [1.165, 1.54) is 17.2 Å². The summed E-state index contributed by atoms with van der Waals surface area (Å²) in [4.78, 5) is 10.5. The van der Waals surface area contributed by atoms with Crippen molar-refractivity contribution in [1.29, 1.82) is 0 Å². The molecule has 0 aliphatic heterocycles. The van der Waals surface area contributed by atoms with Crippen molar-refractivity contribution >= 4 is 12.4 Å². The Bertz CT molecular complexity index is 541. The molecule has 2 heteroatoms. The quantitative estimate of drug-likeness (QED) is 0.470. The lowest BCUT2D eigenvalue weighted by Crippen LogP contribution is -1.93. The van der Waals surface area contributed by atoms with Gasteiger partial charge in [-0.1, -0.05) is 29.4 Å². The van der Waals surface area contributed by atoms with Crippen molar-refractivity contribution in [2.24, 2.45) is 0 Å². The Balaban J connectivity index is 3.24. The second-order valence-electron chi connectivity index (χ2n) is 5.65. The molecule has 2 nitrogen and oxygen atoms in total. The average molecular weight is 284 g/mol. The van der Waals surface area contributed by atoms with Crippen LogP contribution in [0, 0.1) is 0 Å². The van der Waals surface area contributed by atoms with Crippen LogP contribution in [0.5, 0.6) is 5.75 Å². The van der Waals surface area contributed by atoms with Crippen molar-refractivity contribution in [1.82, 2.24) is 0 Å². The van der Waals surface area contributed by atoms with Crippen molar-refractivity contribution in [2.75, 3.05) is 0 Å². The van der Waals surface area contributed by atoms with Crippen LogP contribution in [0.2, 0.25) is 0 Å². The maximum Gasteiger partial charge on any atom is 0.142 e. The Morgan fingerprint density at radius 1 is 1.00 bits per heavy atom.